The maximum Gasteiger partial charge on any atom is 0.269 e. The molecule has 1 aromatic rings. The number of carbonyl (C=O) groups is 3. The molecule has 3 amide bonds. The van der Waals surface area contributed by atoms with Crippen LogP contribution in [0.3, 0.4) is 0 Å². The van der Waals surface area contributed by atoms with Gasteiger partial charge in [0, 0.05) is 23.9 Å². The molecule has 0 radical (unpaired) electrons. The number of hydrogen-bond acceptors (Lipinski definition) is 6. The van der Waals surface area contributed by atoms with Crippen LogP contribution >= 0.6 is 0 Å². The van der Waals surface area contributed by atoms with Crippen molar-refractivity contribution in [1.29, 1.82) is 0 Å². The fraction of sp³-hybridized carbons (Fsp3) is 0.231. The molecule has 10 nitrogen and oxygen atoms in total. The van der Waals surface area contributed by atoms with E-state index in [2.05, 4.69) is 21.2 Å². The van der Waals surface area contributed by atoms with Crippen molar-refractivity contribution in [3.63, 3.8) is 0 Å². The van der Waals surface area contributed by atoms with E-state index in [1.807, 2.05) is 0 Å². The van der Waals surface area contributed by atoms with Gasteiger partial charge in [-0.25, -0.2) is 5.43 Å². The predicted molar refractivity (Wildman–Crippen MR) is 80.7 cm³/mol. The topological polar surface area (TPSA) is 143 Å². The highest BCUT2D eigenvalue weighted by Gasteiger charge is 2.11. The first-order chi connectivity index (χ1) is 10.9. The molecule has 122 valence electrons. The lowest BCUT2D eigenvalue weighted by Gasteiger charge is -2.06. The summed E-state index contributed by atoms with van der Waals surface area (Å²) in [4.78, 5) is 44.3. The molecule has 0 atom stereocenters. The third kappa shape index (κ3) is 6.33. The lowest BCUT2D eigenvalue weighted by molar-refractivity contribution is -0.384. The summed E-state index contributed by atoms with van der Waals surface area (Å²) < 4.78 is 0. The highest BCUT2D eigenvalue weighted by molar-refractivity contribution is 5.97. The first kappa shape index (κ1) is 17.8. The molecule has 1 aromatic carbocycles. The SMILES string of the molecule is C/C=N/NC(=O)CNC(=O)CNC(=O)c1ccc([N+](=O)[O-])cc1. The van der Waals surface area contributed by atoms with Crippen LogP contribution in [-0.4, -0.2) is 41.9 Å². The lowest BCUT2D eigenvalue weighted by atomic mass is 10.2. The minimum Gasteiger partial charge on any atom is -0.345 e. The van der Waals surface area contributed by atoms with Crippen LogP contribution in [-0.2, 0) is 9.59 Å². The molecule has 0 unspecified atom stereocenters. The van der Waals surface area contributed by atoms with Gasteiger partial charge in [0.25, 0.3) is 17.5 Å². The summed E-state index contributed by atoms with van der Waals surface area (Å²) in [6.45, 7) is 1.01. The highest BCUT2D eigenvalue weighted by atomic mass is 16.6. The number of hydrazone groups is 1. The van der Waals surface area contributed by atoms with Crippen LogP contribution in [0.5, 0.6) is 0 Å². The maximum atomic E-state index is 11.8. The third-order valence-corrected chi connectivity index (χ3v) is 2.51. The molecule has 0 aliphatic heterocycles. The highest BCUT2D eigenvalue weighted by Crippen LogP contribution is 2.11. The van der Waals surface area contributed by atoms with E-state index in [9.17, 15) is 24.5 Å². The molecule has 23 heavy (non-hydrogen) atoms. The van der Waals surface area contributed by atoms with Gasteiger partial charge in [0.05, 0.1) is 18.0 Å². The third-order valence-electron chi connectivity index (χ3n) is 2.51. The van der Waals surface area contributed by atoms with E-state index in [1.165, 1.54) is 30.5 Å². The fourth-order valence-electron chi connectivity index (χ4n) is 1.41. The Morgan fingerprint density at radius 3 is 2.30 bits per heavy atom. The van der Waals surface area contributed by atoms with Gasteiger partial charge in [-0.3, -0.25) is 24.5 Å². The zero-order valence-electron chi connectivity index (χ0n) is 12.2. The number of nitro benzene ring substituents is 1. The molecule has 0 heterocycles. The van der Waals surface area contributed by atoms with Gasteiger partial charge in [-0.15, -0.1) is 0 Å². The number of rotatable bonds is 7. The first-order valence-corrected chi connectivity index (χ1v) is 6.50. The number of nitrogens with one attached hydrogen (secondary N) is 3. The number of nitrogens with zero attached hydrogens (tertiary/aromatic N) is 2. The molecule has 0 spiro atoms. The van der Waals surface area contributed by atoms with Crippen LogP contribution in [0, 0.1) is 10.1 Å². The van der Waals surface area contributed by atoms with Crippen molar-refractivity contribution >= 4 is 29.6 Å². The van der Waals surface area contributed by atoms with E-state index in [1.54, 1.807) is 6.92 Å². The average molecular weight is 321 g/mol. The predicted octanol–water partition coefficient (Wildman–Crippen LogP) is -0.437. The zero-order chi connectivity index (χ0) is 17.2. The standard InChI is InChI=1S/C13H15N5O5/c1-2-16-17-12(20)8-14-11(19)7-15-13(21)9-3-5-10(6-4-9)18(22)23/h2-6H,7-8H2,1H3,(H,14,19)(H,15,21)(H,17,20)/b16-2+. The van der Waals surface area contributed by atoms with Gasteiger partial charge in [0.15, 0.2) is 0 Å². The second-order valence-corrected chi connectivity index (χ2v) is 4.19. The van der Waals surface area contributed by atoms with Gasteiger partial charge < -0.3 is 10.6 Å². The quantitative estimate of drug-likeness (QED) is 0.354. The molecule has 3 N–H and O–H groups in total. The van der Waals surface area contributed by atoms with Crippen molar-refractivity contribution in [3.05, 3.63) is 39.9 Å². The van der Waals surface area contributed by atoms with E-state index in [0.29, 0.717) is 0 Å². The van der Waals surface area contributed by atoms with Crippen molar-refractivity contribution in [2.45, 2.75) is 6.92 Å². The second-order valence-electron chi connectivity index (χ2n) is 4.19. The van der Waals surface area contributed by atoms with Crippen LogP contribution in [0.1, 0.15) is 17.3 Å². The summed E-state index contributed by atoms with van der Waals surface area (Å²) >= 11 is 0. The lowest BCUT2D eigenvalue weighted by Crippen LogP contribution is -2.41. The Morgan fingerprint density at radius 2 is 1.74 bits per heavy atom. The summed E-state index contributed by atoms with van der Waals surface area (Å²) in [5.74, 6) is -1.62. The molecule has 0 aliphatic rings. The van der Waals surface area contributed by atoms with Gasteiger partial charge >= 0.3 is 0 Å². The zero-order valence-corrected chi connectivity index (χ0v) is 12.2. The van der Waals surface area contributed by atoms with Gasteiger partial charge in [0.1, 0.15) is 0 Å². The van der Waals surface area contributed by atoms with E-state index in [0.717, 1.165) is 0 Å². The maximum absolute atomic E-state index is 11.8. The van der Waals surface area contributed by atoms with Gasteiger partial charge in [-0.1, -0.05) is 0 Å². The number of nitro groups is 1. The van der Waals surface area contributed by atoms with Gasteiger partial charge in [0.2, 0.25) is 5.91 Å². The van der Waals surface area contributed by atoms with Crippen molar-refractivity contribution in [2.24, 2.45) is 5.10 Å². The van der Waals surface area contributed by atoms with Crippen LogP contribution in [0.15, 0.2) is 29.4 Å². The first-order valence-electron chi connectivity index (χ1n) is 6.50. The Kier molecular flexibility index (Phi) is 6.85. The van der Waals surface area contributed by atoms with E-state index >= 15 is 0 Å². The van der Waals surface area contributed by atoms with Crippen LogP contribution in [0.4, 0.5) is 5.69 Å². The van der Waals surface area contributed by atoms with Crippen molar-refractivity contribution in [3.8, 4) is 0 Å². The van der Waals surface area contributed by atoms with Gasteiger partial charge in [-0.05, 0) is 19.1 Å². The van der Waals surface area contributed by atoms with Crippen molar-refractivity contribution in [1.82, 2.24) is 16.1 Å². The Bertz CT molecular complexity index is 626. The summed E-state index contributed by atoms with van der Waals surface area (Å²) in [5, 5.41) is 18.6. The minimum absolute atomic E-state index is 0.139. The Balaban J connectivity index is 2.39. The Morgan fingerprint density at radius 1 is 1.13 bits per heavy atom. The molecular formula is C13H15N5O5. The monoisotopic (exact) mass is 321 g/mol. The second kappa shape index (κ2) is 8.87. The number of amides is 3. The Hall–Kier alpha value is -3.30. The normalized spacial score (nSPS) is 10.1. The summed E-state index contributed by atoms with van der Waals surface area (Å²) in [7, 11) is 0. The van der Waals surface area contributed by atoms with Crippen LogP contribution in [0.2, 0.25) is 0 Å². The number of benzene rings is 1. The van der Waals surface area contributed by atoms with E-state index in [-0.39, 0.29) is 24.3 Å². The summed E-state index contributed by atoms with van der Waals surface area (Å²) in [6, 6.07) is 4.93. The molecular weight excluding hydrogens is 306 g/mol. The number of non-ortho nitro benzene ring substituents is 1. The van der Waals surface area contributed by atoms with Crippen molar-refractivity contribution in [2.75, 3.05) is 13.1 Å². The van der Waals surface area contributed by atoms with Crippen LogP contribution in [0.25, 0.3) is 0 Å². The summed E-state index contributed by atoms with van der Waals surface area (Å²) in [5.41, 5.74) is 2.21. The molecule has 0 fully saturated rings. The largest absolute Gasteiger partial charge is 0.345 e. The minimum atomic E-state index is -0.581. The fourth-order valence-corrected chi connectivity index (χ4v) is 1.41. The molecule has 0 bridgehead atoms. The molecule has 1 rings (SSSR count). The molecule has 0 aromatic heterocycles. The molecule has 0 saturated carbocycles. The van der Waals surface area contributed by atoms with Gasteiger partial charge in [-0.2, -0.15) is 5.10 Å². The molecule has 0 aliphatic carbocycles. The van der Waals surface area contributed by atoms with Crippen LogP contribution < -0.4 is 16.1 Å². The Labute approximate surface area is 131 Å². The molecule has 0 saturated heterocycles. The van der Waals surface area contributed by atoms with Crippen molar-refractivity contribution < 1.29 is 19.3 Å². The molecule has 10 heteroatoms. The average Bonchev–Trinajstić information content (AvgIpc) is 2.55. The van der Waals surface area contributed by atoms with E-state index < -0.39 is 22.6 Å². The van der Waals surface area contributed by atoms with E-state index in [4.69, 9.17) is 0 Å². The summed E-state index contributed by atoms with van der Waals surface area (Å²) in [6.07, 6.45) is 1.38. The smallest absolute Gasteiger partial charge is 0.269 e. The number of hydrogen-bond donors (Lipinski definition) is 3. The number of carbonyl (C=O) groups excluding carboxylic acids is 3.